The molecule has 0 spiro atoms. The predicted octanol–water partition coefficient (Wildman–Crippen LogP) is 3.37. The van der Waals surface area contributed by atoms with E-state index in [0.717, 1.165) is 28.8 Å². The number of carbonyl (C=O) groups is 3. The Morgan fingerprint density at radius 3 is 2.60 bits per heavy atom. The van der Waals surface area contributed by atoms with E-state index in [1.807, 2.05) is 53.5 Å². The Balaban J connectivity index is 1.54. The quantitative estimate of drug-likeness (QED) is 0.462. The number of hydrogen-bond acceptors (Lipinski definition) is 5. The van der Waals surface area contributed by atoms with Crippen LogP contribution in [0.25, 0.3) is 11.1 Å². The van der Waals surface area contributed by atoms with Gasteiger partial charge in [0, 0.05) is 37.0 Å². The number of nitrogens with zero attached hydrogens (tertiary/aromatic N) is 3. The Labute approximate surface area is 204 Å². The topological polar surface area (TPSA) is 106 Å². The third-order valence-electron chi connectivity index (χ3n) is 5.93. The molecule has 1 aliphatic heterocycles. The third kappa shape index (κ3) is 5.51. The third-order valence-corrected chi connectivity index (χ3v) is 5.93. The largest absolute Gasteiger partial charge is 0.497 e. The summed E-state index contributed by atoms with van der Waals surface area (Å²) in [6, 6.07) is 12.0. The Morgan fingerprint density at radius 2 is 1.91 bits per heavy atom. The highest BCUT2D eigenvalue weighted by molar-refractivity contribution is 5.98. The number of nitrogens with one attached hydrogen (secondary N) is 2. The summed E-state index contributed by atoms with van der Waals surface area (Å²) < 4.78 is 7.17. The van der Waals surface area contributed by atoms with Crippen molar-refractivity contribution in [3.05, 3.63) is 71.5 Å². The minimum absolute atomic E-state index is 0.129. The summed E-state index contributed by atoms with van der Waals surface area (Å²) >= 11 is 0. The molecule has 2 heterocycles. The lowest BCUT2D eigenvalue weighted by atomic mass is 10.0. The number of benzene rings is 2. The van der Waals surface area contributed by atoms with E-state index in [2.05, 4.69) is 29.6 Å². The van der Waals surface area contributed by atoms with Gasteiger partial charge in [-0.3, -0.25) is 19.6 Å². The molecular formula is C26H29N5O4. The van der Waals surface area contributed by atoms with Crippen molar-refractivity contribution in [1.29, 1.82) is 0 Å². The predicted molar refractivity (Wildman–Crippen MR) is 131 cm³/mol. The lowest BCUT2D eigenvalue weighted by molar-refractivity contribution is -0.108. The maximum atomic E-state index is 13.0. The first-order chi connectivity index (χ1) is 16.9. The molecule has 1 aliphatic rings. The SMILES string of the molecule is COc1ccc2c(c1)C(=O)N(C[C@H](NC(=O)NC=O)c1ccc(-c3cnn(CC(C)C)c3)cc1)C2. The Hall–Kier alpha value is -4.14. The number of amides is 4. The van der Waals surface area contributed by atoms with Crippen LogP contribution in [-0.4, -0.2) is 46.7 Å². The van der Waals surface area contributed by atoms with Crippen LogP contribution in [0.2, 0.25) is 0 Å². The zero-order valence-corrected chi connectivity index (χ0v) is 20.0. The molecule has 0 aliphatic carbocycles. The van der Waals surface area contributed by atoms with Crippen LogP contribution in [0.4, 0.5) is 4.79 Å². The molecule has 35 heavy (non-hydrogen) atoms. The van der Waals surface area contributed by atoms with Crippen molar-refractivity contribution in [1.82, 2.24) is 25.3 Å². The van der Waals surface area contributed by atoms with Crippen molar-refractivity contribution in [2.75, 3.05) is 13.7 Å². The molecule has 9 nitrogen and oxygen atoms in total. The first kappa shape index (κ1) is 24.0. The van der Waals surface area contributed by atoms with Gasteiger partial charge in [0.15, 0.2) is 0 Å². The maximum Gasteiger partial charge on any atom is 0.321 e. The first-order valence-corrected chi connectivity index (χ1v) is 11.5. The molecule has 0 saturated heterocycles. The molecule has 0 unspecified atom stereocenters. The molecular weight excluding hydrogens is 446 g/mol. The van der Waals surface area contributed by atoms with Gasteiger partial charge in [-0.25, -0.2) is 4.79 Å². The average molecular weight is 476 g/mol. The molecule has 9 heteroatoms. The number of aromatic nitrogens is 2. The Kier molecular flexibility index (Phi) is 7.14. The van der Waals surface area contributed by atoms with E-state index < -0.39 is 12.1 Å². The molecule has 4 rings (SSSR count). The smallest absolute Gasteiger partial charge is 0.321 e. The molecule has 1 atom stereocenters. The van der Waals surface area contributed by atoms with E-state index >= 15 is 0 Å². The van der Waals surface area contributed by atoms with E-state index in [9.17, 15) is 14.4 Å². The highest BCUT2D eigenvalue weighted by atomic mass is 16.5. The minimum atomic E-state index is -0.630. The first-order valence-electron chi connectivity index (χ1n) is 11.5. The number of fused-ring (bicyclic) bond motifs is 1. The monoisotopic (exact) mass is 475 g/mol. The molecule has 0 fully saturated rings. The zero-order chi connectivity index (χ0) is 24.9. The van der Waals surface area contributed by atoms with Gasteiger partial charge in [-0.05, 0) is 34.7 Å². The van der Waals surface area contributed by atoms with Gasteiger partial charge in [0.1, 0.15) is 5.75 Å². The van der Waals surface area contributed by atoms with Gasteiger partial charge in [0.05, 0.1) is 19.3 Å². The highest BCUT2D eigenvalue weighted by Gasteiger charge is 2.30. The van der Waals surface area contributed by atoms with Crippen LogP contribution in [0.3, 0.4) is 0 Å². The van der Waals surface area contributed by atoms with Crippen LogP contribution in [0.5, 0.6) is 5.75 Å². The second-order valence-corrected chi connectivity index (χ2v) is 8.96. The van der Waals surface area contributed by atoms with Crippen molar-refractivity contribution in [3.8, 4) is 16.9 Å². The normalized spacial score (nSPS) is 13.5. The van der Waals surface area contributed by atoms with Gasteiger partial charge in [-0.1, -0.05) is 44.2 Å². The maximum absolute atomic E-state index is 13.0. The van der Waals surface area contributed by atoms with Crippen molar-refractivity contribution in [2.45, 2.75) is 33.0 Å². The molecule has 1 aromatic heterocycles. The number of rotatable bonds is 9. The number of carbonyl (C=O) groups excluding carboxylic acids is 3. The Morgan fingerprint density at radius 1 is 1.14 bits per heavy atom. The summed E-state index contributed by atoms with van der Waals surface area (Å²) in [5.74, 6) is 0.983. The summed E-state index contributed by atoms with van der Waals surface area (Å²) in [5.41, 5.74) is 4.30. The Bertz CT molecular complexity index is 1220. The summed E-state index contributed by atoms with van der Waals surface area (Å²) in [6.07, 6.45) is 4.17. The van der Waals surface area contributed by atoms with Gasteiger partial charge in [-0.15, -0.1) is 0 Å². The molecule has 2 N–H and O–H groups in total. The van der Waals surface area contributed by atoms with E-state index in [4.69, 9.17) is 4.74 Å². The van der Waals surface area contributed by atoms with Gasteiger partial charge < -0.3 is 15.0 Å². The van der Waals surface area contributed by atoms with Crippen LogP contribution < -0.4 is 15.4 Å². The van der Waals surface area contributed by atoms with E-state index in [1.165, 1.54) is 0 Å². The zero-order valence-electron chi connectivity index (χ0n) is 20.0. The van der Waals surface area contributed by atoms with Crippen molar-refractivity contribution in [3.63, 3.8) is 0 Å². The fraction of sp³-hybridized carbons (Fsp3) is 0.308. The average Bonchev–Trinajstić information content (AvgIpc) is 3.42. The number of methoxy groups -OCH3 is 1. The van der Waals surface area contributed by atoms with Gasteiger partial charge in [0.25, 0.3) is 5.91 Å². The lowest BCUT2D eigenvalue weighted by Crippen LogP contribution is -2.42. The van der Waals surface area contributed by atoms with Crippen LogP contribution in [-0.2, 0) is 17.9 Å². The highest BCUT2D eigenvalue weighted by Crippen LogP contribution is 2.29. The number of urea groups is 1. The van der Waals surface area contributed by atoms with Gasteiger partial charge >= 0.3 is 6.03 Å². The minimum Gasteiger partial charge on any atom is -0.497 e. The van der Waals surface area contributed by atoms with E-state index in [1.54, 1.807) is 18.1 Å². The van der Waals surface area contributed by atoms with Crippen LogP contribution in [0.1, 0.15) is 41.4 Å². The van der Waals surface area contributed by atoms with Crippen LogP contribution >= 0.6 is 0 Å². The van der Waals surface area contributed by atoms with Gasteiger partial charge in [-0.2, -0.15) is 5.10 Å². The van der Waals surface area contributed by atoms with Crippen molar-refractivity contribution < 1.29 is 19.1 Å². The fourth-order valence-corrected chi connectivity index (χ4v) is 4.22. The number of hydrogen-bond donors (Lipinski definition) is 2. The van der Waals surface area contributed by atoms with E-state index in [0.29, 0.717) is 30.2 Å². The van der Waals surface area contributed by atoms with Crippen LogP contribution in [0, 0.1) is 5.92 Å². The van der Waals surface area contributed by atoms with Crippen LogP contribution in [0.15, 0.2) is 54.9 Å². The fourth-order valence-electron chi connectivity index (χ4n) is 4.22. The summed E-state index contributed by atoms with van der Waals surface area (Å²) in [4.78, 5) is 37.6. The molecule has 0 radical (unpaired) electrons. The van der Waals surface area contributed by atoms with Crippen molar-refractivity contribution >= 4 is 18.3 Å². The lowest BCUT2D eigenvalue weighted by Gasteiger charge is -2.25. The second-order valence-electron chi connectivity index (χ2n) is 8.96. The summed E-state index contributed by atoms with van der Waals surface area (Å²) in [6.45, 7) is 5.80. The summed E-state index contributed by atoms with van der Waals surface area (Å²) in [5, 5.41) is 9.33. The standard InChI is InChI=1S/C26H29N5O4/c1-17(2)12-31-14-21(11-28-31)18-4-6-19(7-5-18)24(29-26(34)27-16-32)15-30-13-20-8-9-22(35-3)10-23(20)25(30)33/h4-11,14,16-17,24H,12-13,15H2,1-3H3,(H2,27,29,32,34)/t24-/m0/s1. The summed E-state index contributed by atoms with van der Waals surface area (Å²) in [7, 11) is 1.56. The number of imide groups is 1. The van der Waals surface area contributed by atoms with E-state index in [-0.39, 0.29) is 12.5 Å². The molecule has 0 saturated carbocycles. The molecule has 2 aromatic carbocycles. The second kappa shape index (κ2) is 10.4. The van der Waals surface area contributed by atoms with Gasteiger partial charge in [0.2, 0.25) is 6.41 Å². The molecule has 3 aromatic rings. The molecule has 4 amide bonds. The molecule has 182 valence electrons. The number of ether oxygens (including phenoxy) is 1. The van der Waals surface area contributed by atoms with Crippen molar-refractivity contribution in [2.24, 2.45) is 5.92 Å². The molecule has 0 bridgehead atoms.